The van der Waals surface area contributed by atoms with Crippen LogP contribution in [0.1, 0.15) is 15.9 Å². The summed E-state index contributed by atoms with van der Waals surface area (Å²) in [6, 6.07) is 6.13. The molecule has 0 unspecified atom stereocenters. The Hall–Kier alpha value is -2.63. The normalized spacial score (nSPS) is 10.2. The summed E-state index contributed by atoms with van der Waals surface area (Å²) >= 11 is 0. The molecule has 98 valence electrons. The summed E-state index contributed by atoms with van der Waals surface area (Å²) in [6.45, 7) is 1.79. The zero-order valence-corrected chi connectivity index (χ0v) is 10.3. The van der Waals surface area contributed by atoms with Gasteiger partial charge in [0.15, 0.2) is 0 Å². The first-order chi connectivity index (χ1) is 8.97. The van der Waals surface area contributed by atoms with E-state index >= 15 is 0 Å². The van der Waals surface area contributed by atoms with Crippen molar-refractivity contribution in [3.05, 3.63) is 47.4 Å². The van der Waals surface area contributed by atoms with Crippen LogP contribution >= 0.6 is 0 Å². The van der Waals surface area contributed by atoms with Gasteiger partial charge >= 0.3 is 0 Å². The lowest BCUT2D eigenvalue weighted by Gasteiger charge is -2.09. The number of nitrogens with two attached hydrogens (primary N) is 2. The van der Waals surface area contributed by atoms with Crippen LogP contribution in [-0.2, 0) is 0 Å². The minimum absolute atomic E-state index is 0.144. The van der Waals surface area contributed by atoms with Crippen LogP contribution in [0.2, 0.25) is 0 Å². The predicted octanol–water partition coefficient (Wildman–Crippen LogP) is 1.95. The number of nitrogens with one attached hydrogen (secondary N) is 1. The molecule has 0 fully saturated rings. The van der Waals surface area contributed by atoms with Crippen LogP contribution in [0.4, 0.5) is 21.6 Å². The van der Waals surface area contributed by atoms with Crippen molar-refractivity contribution in [3.8, 4) is 0 Å². The number of aryl methyl sites for hydroxylation is 1. The van der Waals surface area contributed by atoms with Gasteiger partial charge in [0.25, 0.3) is 5.91 Å². The fourth-order valence-corrected chi connectivity index (χ4v) is 1.61. The number of anilines is 3. The molecule has 1 aromatic heterocycles. The van der Waals surface area contributed by atoms with Gasteiger partial charge in [-0.15, -0.1) is 0 Å². The van der Waals surface area contributed by atoms with E-state index in [4.69, 9.17) is 11.5 Å². The maximum absolute atomic E-state index is 13.7. The first kappa shape index (κ1) is 12.8. The lowest BCUT2D eigenvalue weighted by atomic mass is 10.2. The molecule has 5 N–H and O–H groups in total. The number of pyridine rings is 1. The number of rotatable bonds is 3. The van der Waals surface area contributed by atoms with Gasteiger partial charge in [0, 0.05) is 0 Å². The smallest absolute Gasteiger partial charge is 0.250 e. The molecule has 0 bridgehead atoms. The maximum atomic E-state index is 13.7. The standard InChI is InChI=1S/C13H13FN4O/c1-7-2-3-11(9(14)4-7)18-12-5-8(13(16)19)10(15)6-17-12/h2-6H,15H2,1H3,(H2,16,19)(H,17,18). The van der Waals surface area contributed by atoms with E-state index in [1.165, 1.54) is 18.3 Å². The van der Waals surface area contributed by atoms with Gasteiger partial charge in [-0.05, 0) is 30.7 Å². The highest BCUT2D eigenvalue weighted by Crippen LogP contribution is 2.21. The topological polar surface area (TPSA) is 94.0 Å². The predicted molar refractivity (Wildman–Crippen MR) is 71.6 cm³/mol. The lowest BCUT2D eigenvalue weighted by molar-refractivity contribution is 0.100. The minimum atomic E-state index is -0.660. The molecule has 2 aromatic rings. The van der Waals surface area contributed by atoms with Crippen LogP contribution in [0, 0.1) is 12.7 Å². The van der Waals surface area contributed by atoms with Crippen LogP contribution in [0.3, 0.4) is 0 Å². The highest BCUT2D eigenvalue weighted by Gasteiger charge is 2.09. The number of benzene rings is 1. The molecule has 0 saturated heterocycles. The lowest BCUT2D eigenvalue weighted by Crippen LogP contribution is -2.14. The summed E-state index contributed by atoms with van der Waals surface area (Å²) in [5.74, 6) is -0.766. The molecule has 19 heavy (non-hydrogen) atoms. The third-order valence-corrected chi connectivity index (χ3v) is 2.59. The average molecular weight is 260 g/mol. The van der Waals surface area contributed by atoms with Gasteiger partial charge in [0.2, 0.25) is 0 Å². The van der Waals surface area contributed by atoms with Gasteiger partial charge in [-0.25, -0.2) is 9.37 Å². The minimum Gasteiger partial charge on any atom is -0.397 e. The first-order valence-electron chi connectivity index (χ1n) is 5.56. The van der Waals surface area contributed by atoms with Crippen molar-refractivity contribution in [2.75, 3.05) is 11.1 Å². The molecule has 0 aliphatic carbocycles. The Kier molecular flexibility index (Phi) is 3.33. The van der Waals surface area contributed by atoms with E-state index in [-0.39, 0.29) is 16.9 Å². The number of aromatic nitrogens is 1. The van der Waals surface area contributed by atoms with Crippen LogP contribution < -0.4 is 16.8 Å². The number of primary amides is 1. The van der Waals surface area contributed by atoms with E-state index in [0.717, 1.165) is 5.56 Å². The van der Waals surface area contributed by atoms with Crippen molar-refractivity contribution in [1.29, 1.82) is 0 Å². The number of carbonyl (C=O) groups excluding carboxylic acids is 1. The van der Waals surface area contributed by atoms with E-state index < -0.39 is 11.7 Å². The van der Waals surface area contributed by atoms with Gasteiger partial charge in [-0.1, -0.05) is 6.07 Å². The third-order valence-electron chi connectivity index (χ3n) is 2.59. The van der Waals surface area contributed by atoms with Crippen molar-refractivity contribution >= 4 is 23.1 Å². The third kappa shape index (κ3) is 2.79. The highest BCUT2D eigenvalue weighted by molar-refractivity contribution is 5.98. The van der Waals surface area contributed by atoms with Crippen molar-refractivity contribution in [1.82, 2.24) is 4.98 Å². The molecule has 0 aliphatic rings. The number of amides is 1. The molecule has 0 radical (unpaired) electrons. The van der Waals surface area contributed by atoms with E-state index in [9.17, 15) is 9.18 Å². The summed E-state index contributed by atoms with van der Waals surface area (Å²) in [5.41, 5.74) is 12.1. The summed E-state index contributed by atoms with van der Waals surface area (Å²) in [5, 5.41) is 2.77. The van der Waals surface area contributed by atoms with Crippen molar-refractivity contribution in [2.45, 2.75) is 6.92 Å². The second-order valence-corrected chi connectivity index (χ2v) is 4.13. The van der Waals surface area contributed by atoms with Crippen LogP contribution in [-0.4, -0.2) is 10.9 Å². The second kappa shape index (κ2) is 4.93. The van der Waals surface area contributed by atoms with Crippen molar-refractivity contribution in [2.24, 2.45) is 5.73 Å². The number of nitrogen functional groups attached to an aromatic ring is 1. The van der Waals surface area contributed by atoms with Gasteiger partial charge in [0.05, 0.1) is 23.1 Å². The molecule has 1 heterocycles. The summed E-state index contributed by atoms with van der Waals surface area (Å²) < 4.78 is 13.7. The molecule has 1 amide bonds. The summed E-state index contributed by atoms with van der Waals surface area (Å²) in [7, 11) is 0. The molecular formula is C13H13FN4O. The molecule has 5 nitrogen and oxygen atoms in total. The highest BCUT2D eigenvalue weighted by atomic mass is 19.1. The molecule has 0 aliphatic heterocycles. The summed E-state index contributed by atoms with van der Waals surface area (Å²) in [4.78, 5) is 15.1. The number of halogens is 1. The van der Waals surface area contributed by atoms with Crippen molar-refractivity contribution in [3.63, 3.8) is 0 Å². The van der Waals surface area contributed by atoms with Gasteiger partial charge in [-0.2, -0.15) is 0 Å². The monoisotopic (exact) mass is 260 g/mol. The van der Waals surface area contributed by atoms with Gasteiger partial charge in [0.1, 0.15) is 11.6 Å². The zero-order valence-electron chi connectivity index (χ0n) is 10.3. The van der Waals surface area contributed by atoms with E-state index in [0.29, 0.717) is 5.82 Å². The Morgan fingerprint density at radius 1 is 1.37 bits per heavy atom. The fraction of sp³-hybridized carbons (Fsp3) is 0.0769. The quantitative estimate of drug-likeness (QED) is 0.786. The van der Waals surface area contributed by atoms with Crippen LogP contribution in [0.15, 0.2) is 30.5 Å². The Morgan fingerprint density at radius 3 is 2.74 bits per heavy atom. The SMILES string of the molecule is Cc1ccc(Nc2cc(C(N)=O)c(N)cn2)c(F)c1. The Balaban J connectivity index is 2.33. The molecule has 0 spiro atoms. The number of hydrogen-bond donors (Lipinski definition) is 3. The van der Waals surface area contributed by atoms with Gasteiger partial charge < -0.3 is 16.8 Å². The number of hydrogen-bond acceptors (Lipinski definition) is 4. The Labute approximate surface area is 109 Å². The molecule has 0 saturated carbocycles. The van der Waals surface area contributed by atoms with Crippen molar-refractivity contribution < 1.29 is 9.18 Å². The molecule has 0 atom stereocenters. The van der Waals surface area contributed by atoms with Crippen LogP contribution in [0.25, 0.3) is 0 Å². The maximum Gasteiger partial charge on any atom is 0.250 e. The van der Waals surface area contributed by atoms with Gasteiger partial charge in [-0.3, -0.25) is 4.79 Å². The molecule has 6 heteroatoms. The zero-order chi connectivity index (χ0) is 14.0. The number of nitrogens with zero attached hydrogens (tertiary/aromatic N) is 1. The van der Waals surface area contributed by atoms with E-state index in [2.05, 4.69) is 10.3 Å². The Bertz CT molecular complexity index is 643. The van der Waals surface area contributed by atoms with E-state index in [1.807, 2.05) is 0 Å². The first-order valence-corrected chi connectivity index (χ1v) is 5.56. The molecular weight excluding hydrogens is 247 g/mol. The fourth-order valence-electron chi connectivity index (χ4n) is 1.61. The second-order valence-electron chi connectivity index (χ2n) is 4.13. The molecule has 2 rings (SSSR count). The number of carbonyl (C=O) groups is 1. The average Bonchev–Trinajstić information content (AvgIpc) is 2.34. The van der Waals surface area contributed by atoms with E-state index in [1.54, 1.807) is 19.1 Å². The molecule has 1 aromatic carbocycles. The largest absolute Gasteiger partial charge is 0.397 e. The summed E-state index contributed by atoms with van der Waals surface area (Å²) in [6.07, 6.45) is 1.30. The Morgan fingerprint density at radius 2 is 2.11 bits per heavy atom. The van der Waals surface area contributed by atoms with Crippen LogP contribution in [0.5, 0.6) is 0 Å².